The monoisotopic (exact) mass is 435 g/mol. The van der Waals surface area contributed by atoms with E-state index in [2.05, 4.69) is 22.5 Å². The molecule has 138 valence electrons. The Bertz CT molecular complexity index is 842. The van der Waals surface area contributed by atoms with Crippen LogP contribution in [0.15, 0.2) is 70.6 Å². The number of nitrogens with zero attached hydrogens (tertiary/aromatic N) is 1. The molecule has 4 nitrogen and oxygen atoms in total. The summed E-state index contributed by atoms with van der Waals surface area (Å²) in [4.78, 5) is 0.244. The van der Waals surface area contributed by atoms with Gasteiger partial charge in [0.15, 0.2) is 0 Å². The Labute approximate surface area is 163 Å². The Morgan fingerprint density at radius 2 is 1.69 bits per heavy atom. The summed E-state index contributed by atoms with van der Waals surface area (Å²) in [5.74, 6) is 0.778. The van der Waals surface area contributed by atoms with Crippen LogP contribution in [0.4, 0.5) is 5.69 Å². The second-order valence-electron chi connectivity index (χ2n) is 6.30. The smallest absolute Gasteiger partial charge is 0.264 e. The normalized spacial score (nSPS) is 15.0. The minimum Gasteiger partial charge on any atom is -0.490 e. The van der Waals surface area contributed by atoms with Crippen molar-refractivity contribution < 1.29 is 13.2 Å². The topological polar surface area (TPSA) is 46.6 Å². The molecule has 1 aliphatic rings. The van der Waals surface area contributed by atoms with Crippen LogP contribution in [-0.2, 0) is 10.0 Å². The number of hydrogen-bond acceptors (Lipinski definition) is 3. The molecule has 0 radical (unpaired) electrons. The molecule has 26 heavy (non-hydrogen) atoms. The van der Waals surface area contributed by atoms with E-state index in [1.165, 1.54) is 17.1 Å². The van der Waals surface area contributed by atoms with Gasteiger partial charge in [0.05, 0.1) is 23.2 Å². The molecule has 0 atom stereocenters. The fourth-order valence-corrected chi connectivity index (χ4v) is 4.78. The van der Waals surface area contributed by atoms with Gasteiger partial charge in [-0.05, 0) is 74.2 Å². The number of halogens is 1. The lowest BCUT2D eigenvalue weighted by Gasteiger charge is -2.23. The van der Waals surface area contributed by atoms with Crippen molar-refractivity contribution >= 4 is 31.6 Å². The average Bonchev–Trinajstić information content (AvgIpc) is 3.14. The quantitative estimate of drug-likeness (QED) is 0.564. The van der Waals surface area contributed by atoms with Gasteiger partial charge in [0.2, 0.25) is 0 Å². The van der Waals surface area contributed by atoms with Gasteiger partial charge in [0.1, 0.15) is 5.75 Å². The summed E-state index contributed by atoms with van der Waals surface area (Å²) in [6.45, 7) is 3.89. The Balaban J connectivity index is 1.84. The lowest BCUT2D eigenvalue weighted by atomic mass is 10.2. The van der Waals surface area contributed by atoms with Crippen LogP contribution in [0.1, 0.15) is 25.7 Å². The molecular weight excluding hydrogens is 414 g/mol. The second kappa shape index (κ2) is 8.27. The standard InChI is InChI=1S/C20H22BrNO3S/c1-2-15-22(26(23,24)20-13-7-16(21)8-14-20)17-9-11-19(12-10-17)25-18-5-3-4-6-18/h2,7-14,18H,1,3-6,15H2. The molecule has 3 rings (SSSR count). The summed E-state index contributed by atoms with van der Waals surface area (Å²) in [6.07, 6.45) is 6.45. The van der Waals surface area contributed by atoms with Gasteiger partial charge in [0.25, 0.3) is 10.0 Å². The van der Waals surface area contributed by atoms with Crippen LogP contribution in [0.25, 0.3) is 0 Å². The Morgan fingerprint density at radius 1 is 1.08 bits per heavy atom. The van der Waals surface area contributed by atoms with Crippen molar-refractivity contribution in [2.75, 3.05) is 10.8 Å². The number of hydrogen-bond donors (Lipinski definition) is 0. The molecule has 2 aromatic rings. The molecule has 1 fully saturated rings. The van der Waals surface area contributed by atoms with Crippen LogP contribution in [0.2, 0.25) is 0 Å². The molecular formula is C20H22BrNO3S. The van der Waals surface area contributed by atoms with Gasteiger partial charge < -0.3 is 4.74 Å². The maximum atomic E-state index is 13.0. The van der Waals surface area contributed by atoms with Crippen LogP contribution in [0.5, 0.6) is 5.75 Å². The predicted molar refractivity (Wildman–Crippen MR) is 108 cm³/mol. The van der Waals surface area contributed by atoms with Crippen molar-refractivity contribution in [2.45, 2.75) is 36.7 Å². The summed E-state index contributed by atoms with van der Waals surface area (Å²) in [7, 11) is -3.67. The summed E-state index contributed by atoms with van der Waals surface area (Å²) < 4.78 is 34.2. The number of sulfonamides is 1. The van der Waals surface area contributed by atoms with Crippen LogP contribution in [0.3, 0.4) is 0 Å². The highest BCUT2D eigenvalue weighted by Crippen LogP contribution is 2.29. The zero-order chi connectivity index (χ0) is 18.6. The van der Waals surface area contributed by atoms with Crippen LogP contribution in [0, 0.1) is 0 Å². The van der Waals surface area contributed by atoms with E-state index in [4.69, 9.17) is 4.74 Å². The van der Waals surface area contributed by atoms with Crippen molar-refractivity contribution in [2.24, 2.45) is 0 Å². The summed E-state index contributed by atoms with van der Waals surface area (Å²) >= 11 is 3.33. The van der Waals surface area contributed by atoms with E-state index in [-0.39, 0.29) is 17.5 Å². The molecule has 2 aromatic carbocycles. The summed E-state index contributed by atoms with van der Waals surface area (Å²) in [5, 5.41) is 0. The third-order valence-electron chi connectivity index (χ3n) is 4.43. The van der Waals surface area contributed by atoms with Gasteiger partial charge in [-0.15, -0.1) is 6.58 Å². The highest BCUT2D eigenvalue weighted by molar-refractivity contribution is 9.10. The highest BCUT2D eigenvalue weighted by atomic mass is 79.9. The summed E-state index contributed by atoms with van der Waals surface area (Å²) in [6, 6.07) is 13.9. The van der Waals surface area contributed by atoms with E-state index >= 15 is 0 Å². The molecule has 0 N–H and O–H groups in total. The number of rotatable bonds is 7. The van der Waals surface area contributed by atoms with Crippen LogP contribution >= 0.6 is 15.9 Å². The number of benzene rings is 2. The lowest BCUT2D eigenvalue weighted by molar-refractivity contribution is 0.210. The van der Waals surface area contributed by atoms with Gasteiger partial charge in [0, 0.05) is 4.47 Å². The Hall–Kier alpha value is -1.79. The summed E-state index contributed by atoms with van der Waals surface area (Å²) in [5.41, 5.74) is 0.589. The number of anilines is 1. The van der Waals surface area contributed by atoms with E-state index in [1.54, 1.807) is 42.5 Å². The first kappa shape index (κ1) is 19.0. The maximum absolute atomic E-state index is 13.0. The van der Waals surface area contributed by atoms with Gasteiger partial charge >= 0.3 is 0 Å². The first-order valence-corrected chi connectivity index (χ1v) is 10.9. The fraction of sp³-hybridized carbons (Fsp3) is 0.300. The van der Waals surface area contributed by atoms with Gasteiger partial charge in [-0.2, -0.15) is 0 Å². The van der Waals surface area contributed by atoms with Gasteiger partial charge in [-0.3, -0.25) is 4.31 Å². The Kier molecular flexibility index (Phi) is 6.04. The van der Waals surface area contributed by atoms with E-state index in [0.717, 1.165) is 23.1 Å². The fourth-order valence-electron chi connectivity index (χ4n) is 3.08. The predicted octanol–water partition coefficient (Wildman–Crippen LogP) is 5.15. The largest absolute Gasteiger partial charge is 0.490 e. The van der Waals surface area contributed by atoms with Crippen molar-refractivity contribution in [1.82, 2.24) is 0 Å². The minimum absolute atomic E-state index is 0.196. The van der Waals surface area contributed by atoms with Crippen LogP contribution in [-0.4, -0.2) is 21.1 Å². The van der Waals surface area contributed by atoms with Crippen molar-refractivity contribution in [3.8, 4) is 5.75 Å². The second-order valence-corrected chi connectivity index (χ2v) is 9.07. The first-order valence-electron chi connectivity index (χ1n) is 8.66. The van der Waals surface area contributed by atoms with Gasteiger partial charge in [-0.25, -0.2) is 8.42 Å². The molecule has 0 amide bonds. The average molecular weight is 436 g/mol. The van der Waals surface area contributed by atoms with E-state index in [0.29, 0.717) is 5.69 Å². The zero-order valence-corrected chi connectivity index (χ0v) is 16.9. The maximum Gasteiger partial charge on any atom is 0.264 e. The van der Waals surface area contributed by atoms with Crippen molar-refractivity contribution in [3.63, 3.8) is 0 Å². The molecule has 0 unspecified atom stereocenters. The van der Waals surface area contributed by atoms with Crippen molar-refractivity contribution in [1.29, 1.82) is 0 Å². The highest BCUT2D eigenvalue weighted by Gasteiger charge is 2.24. The van der Waals surface area contributed by atoms with Crippen LogP contribution < -0.4 is 9.04 Å². The lowest BCUT2D eigenvalue weighted by Crippen LogP contribution is -2.31. The molecule has 6 heteroatoms. The van der Waals surface area contributed by atoms with E-state index in [1.807, 2.05) is 12.1 Å². The zero-order valence-electron chi connectivity index (χ0n) is 14.5. The molecule has 0 heterocycles. The molecule has 0 saturated heterocycles. The SMILES string of the molecule is C=CCN(c1ccc(OC2CCCC2)cc1)S(=O)(=O)c1ccc(Br)cc1. The van der Waals surface area contributed by atoms with Gasteiger partial charge in [-0.1, -0.05) is 22.0 Å². The third-order valence-corrected chi connectivity index (χ3v) is 6.76. The third kappa shape index (κ3) is 4.30. The molecule has 0 aromatic heterocycles. The van der Waals surface area contributed by atoms with E-state index in [9.17, 15) is 8.42 Å². The molecule has 0 bridgehead atoms. The molecule has 1 saturated carbocycles. The molecule has 0 spiro atoms. The Morgan fingerprint density at radius 3 is 2.27 bits per heavy atom. The first-order chi connectivity index (χ1) is 12.5. The molecule has 0 aliphatic heterocycles. The van der Waals surface area contributed by atoms with Crippen molar-refractivity contribution in [3.05, 3.63) is 65.7 Å². The minimum atomic E-state index is -3.67. The molecule has 1 aliphatic carbocycles. The van der Waals surface area contributed by atoms with E-state index < -0.39 is 10.0 Å². The number of ether oxygens (including phenoxy) is 1.